The molecule has 2 aromatic heterocycles. The van der Waals surface area contributed by atoms with E-state index < -0.39 is 4.92 Å². The van der Waals surface area contributed by atoms with Crippen molar-refractivity contribution in [2.75, 3.05) is 0 Å². The molecule has 0 saturated carbocycles. The van der Waals surface area contributed by atoms with Gasteiger partial charge in [-0.3, -0.25) is 10.1 Å². The van der Waals surface area contributed by atoms with E-state index in [9.17, 15) is 10.1 Å². The number of rotatable bonds is 1. The summed E-state index contributed by atoms with van der Waals surface area (Å²) < 4.78 is 2.32. The SMILES string of the molecule is Cn1nc(I)c2cc([N+](=O)[O-])cnc21. The normalized spacial score (nSPS) is 10.7. The van der Waals surface area contributed by atoms with Crippen LogP contribution in [0, 0.1) is 13.8 Å². The van der Waals surface area contributed by atoms with Gasteiger partial charge in [0, 0.05) is 13.1 Å². The van der Waals surface area contributed by atoms with Crippen LogP contribution in [-0.4, -0.2) is 19.7 Å². The van der Waals surface area contributed by atoms with Crippen LogP contribution in [0.4, 0.5) is 5.69 Å². The maximum atomic E-state index is 10.5. The molecule has 0 aliphatic carbocycles. The van der Waals surface area contributed by atoms with E-state index in [0.29, 0.717) is 11.0 Å². The average Bonchev–Trinajstić information content (AvgIpc) is 2.42. The molecular formula is C7H5IN4O2. The van der Waals surface area contributed by atoms with Crippen LogP contribution in [0.25, 0.3) is 11.0 Å². The molecule has 0 aliphatic rings. The van der Waals surface area contributed by atoms with Crippen molar-refractivity contribution in [2.24, 2.45) is 7.05 Å². The molecule has 2 rings (SSSR count). The van der Waals surface area contributed by atoms with Gasteiger partial charge in [0.05, 0.1) is 10.3 Å². The minimum Gasteiger partial charge on any atom is -0.258 e. The van der Waals surface area contributed by atoms with E-state index >= 15 is 0 Å². The summed E-state index contributed by atoms with van der Waals surface area (Å²) in [5.41, 5.74) is 0.642. The van der Waals surface area contributed by atoms with E-state index in [1.54, 1.807) is 11.7 Å². The lowest BCUT2D eigenvalue weighted by Crippen LogP contribution is -1.93. The van der Waals surface area contributed by atoms with Crippen LogP contribution in [0.5, 0.6) is 0 Å². The largest absolute Gasteiger partial charge is 0.288 e. The molecule has 0 fully saturated rings. The number of halogens is 1. The zero-order valence-corrected chi connectivity index (χ0v) is 9.30. The zero-order chi connectivity index (χ0) is 10.3. The summed E-state index contributed by atoms with van der Waals surface area (Å²) in [6.07, 6.45) is 1.24. The molecule has 0 bridgehead atoms. The van der Waals surface area contributed by atoms with E-state index in [-0.39, 0.29) is 5.69 Å². The Hall–Kier alpha value is -1.25. The second-order valence-corrected chi connectivity index (χ2v) is 3.76. The molecule has 0 aliphatic heterocycles. The Morgan fingerprint density at radius 1 is 1.64 bits per heavy atom. The summed E-state index contributed by atoms with van der Waals surface area (Å²) in [7, 11) is 1.75. The number of hydrogen-bond acceptors (Lipinski definition) is 4. The highest BCUT2D eigenvalue weighted by molar-refractivity contribution is 14.1. The molecule has 0 aromatic carbocycles. The van der Waals surface area contributed by atoms with Gasteiger partial charge in [-0.25, -0.2) is 9.67 Å². The monoisotopic (exact) mass is 304 g/mol. The van der Waals surface area contributed by atoms with Gasteiger partial charge in [-0.1, -0.05) is 0 Å². The van der Waals surface area contributed by atoms with E-state index in [0.717, 1.165) is 3.70 Å². The van der Waals surface area contributed by atoms with Crippen LogP contribution in [0.1, 0.15) is 0 Å². The van der Waals surface area contributed by atoms with E-state index in [1.165, 1.54) is 12.3 Å². The Morgan fingerprint density at radius 2 is 2.36 bits per heavy atom. The van der Waals surface area contributed by atoms with Crippen molar-refractivity contribution in [3.8, 4) is 0 Å². The molecule has 0 radical (unpaired) electrons. The summed E-state index contributed by atoms with van der Waals surface area (Å²) in [4.78, 5) is 14.0. The smallest absolute Gasteiger partial charge is 0.258 e. The number of hydrogen-bond donors (Lipinski definition) is 0. The quantitative estimate of drug-likeness (QED) is 0.454. The molecule has 6 nitrogen and oxygen atoms in total. The highest BCUT2D eigenvalue weighted by Crippen LogP contribution is 2.21. The average molecular weight is 304 g/mol. The summed E-state index contributed by atoms with van der Waals surface area (Å²) >= 11 is 2.02. The van der Waals surface area contributed by atoms with Gasteiger partial charge < -0.3 is 0 Å². The second kappa shape index (κ2) is 3.15. The Morgan fingerprint density at radius 3 is 3.00 bits per heavy atom. The van der Waals surface area contributed by atoms with Gasteiger partial charge >= 0.3 is 0 Å². The number of aryl methyl sites for hydroxylation is 1. The molecule has 0 atom stereocenters. The second-order valence-electron chi connectivity index (χ2n) is 2.74. The van der Waals surface area contributed by atoms with Crippen molar-refractivity contribution in [1.82, 2.24) is 14.8 Å². The Balaban J connectivity index is 2.77. The Bertz CT molecular complexity index is 522. The van der Waals surface area contributed by atoms with E-state index in [4.69, 9.17) is 0 Å². The summed E-state index contributed by atoms with van der Waals surface area (Å²) in [6, 6.07) is 1.48. The lowest BCUT2D eigenvalue weighted by atomic mass is 10.3. The highest BCUT2D eigenvalue weighted by atomic mass is 127. The van der Waals surface area contributed by atoms with Crippen LogP contribution < -0.4 is 0 Å². The first-order chi connectivity index (χ1) is 6.59. The van der Waals surface area contributed by atoms with Gasteiger partial charge in [0.1, 0.15) is 9.90 Å². The maximum absolute atomic E-state index is 10.5. The lowest BCUT2D eigenvalue weighted by Gasteiger charge is -1.92. The molecule has 0 amide bonds. The molecule has 0 N–H and O–H groups in total. The van der Waals surface area contributed by atoms with Crippen molar-refractivity contribution >= 4 is 39.3 Å². The van der Waals surface area contributed by atoms with Gasteiger partial charge in [-0.05, 0) is 22.6 Å². The molecule has 14 heavy (non-hydrogen) atoms. The summed E-state index contributed by atoms with van der Waals surface area (Å²) in [5, 5.41) is 15.3. The van der Waals surface area contributed by atoms with Gasteiger partial charge in [0.25, 0.3) is 5.69 Å². The Labute approximate surface area is 92.2 Å². The molecule has 72 valence electrons. The fourth-order valence-corrected chi connectivity index (χ4v) is 1.91. The van der Waals surface area contributed by atoms with Gasteiger partial charge in [0.15, 0.2) is 5.65 Å². The standard InChI is InChI=1S/C7H5IN4O2/c1-11-7-5(6(8)10-11)2-4(3-9-7)12(13)14/h2-3H,1H3. The third kappa shape index (κ3) is 1.33. The van der Waals surface area contributed by atoms with Crippen LogP contribution in [0.2, 0.25) is 0 Å². The van der Waals surface area contributed by atoms with Gasteiger partial charge in [-0.2, -0.15) is 5.10 Å². The van der Waals surface area contributed by atoms with Crippen molar-refractivity contribution in [1.29, 1.82) is 0 Å². The van der Waals surface area contributed by atoms with Crippen molar-refractivity contribution < 1.29 is 4.92 Å². The van der Waals surface area contributed by atoms with Crippen LogP contribution in [0.15, 0.2) is 12.3 Å². The number of nitro groups is 1. The van der Waals surface area contributed by atoms with E-state index in [1.807, 2.05) is 22.6 Å². The zero-order valence-electron chi connectivity index (χ0n) is 7.14. The summed E-state index contributed by atoms with van der Waals surface area (Å²) in [6.45, 7) is 0. The van der Waals surface area contributed by atoms with Crippen LogP contribution >= 0.6 is 22.6 Å². The molecule has 7 heteroatoms. The first-order valence-corrected chi connectivity index (χ1v) is 4.80. The number of pyridine rings is 1. The van der Waals surface area contributed by atoms with Crippen LogP contribution in [0.3, 0.4) is 0 Å². The number of aromatic nitrogens is 3. The third-order valence-corrected chi connectivity index (χ3v) is 2.63. The highest BCUT2D eigenvalue weighted by Gasteiger charge is 2.12. The van der Waals surface area contributed by atoms with Crippen molar-refractivity contribution in [3.05, 3.63) is 26.1 Å². The number of nitrogens with zero attached hydrogens (tertiary/aromatic N) is 4. The summed E-state index contributed by atoms with van der Waals surface area (Å²) in [5.74, 6) is 0. The topological polar surface area (TPSA) is 73.8 Å². The van der Waals surface area contributed by atoms with Crippen molar-refractivity contribution in [2.45, 2.75) is 0 Å². The van der Waals surface area contributed by atoms with Crippen molar-refractivity contribution in [3.63, 3.8) is 0 Å². The first kappa shape index (κ1) is 9.31. The predicted molar refractivity (Wildman–Crippen MR) is 57.9 cm³/mol. The predicted octanol–water partition coefficient (Wildman–Crippen LogP) is 1.48. The fourth-order valence-electron chi connectivity index (χ4n) is 1.19. The fraction of sp³-hybridized carbons (Fsp3) is 0.143. The van der Waals surface area contributed by atoms with Crippen LogP contribution in [-0.2, 0) is 7.05 Å². The minimum atomic E-state index is -0.463. The lowest BCUT2D eigenvalue weighted by molar-refractivity contribution is -0.385. The van der Waals surface area contributed by atoms with E-state index in [2.05, 4.69) is 10.1 Å². The third-order valence-electron chi connectivity index (χ3n) is 1.83. The van der Waals surface area contributed by atoms with Gasteiger partial charge in [0.2, 0.25) is 0 Å². The molecular weight excluding hydrogens is 299 g/mol. The minimum absolute atomic E-state index is 0.0107. The number of fused-ring (bicyclic) bond motifs is 1. The molecule has 0 saturated heterocycles. The maximum Gasteiger partial charge on any atom is 0.288 e. The molecule has 0 unspecified atom stereocenters. The Kier molecular flexibility index (Phi) is 2.10. The molecule has 2 heterocycles. The molecule has 2 aromatic rings. The molecule has 0 spiro atoms. The van der Waals surface area contributed by atoms with Gasteiger partial charge in [-0.15, -0.1) is 0 Å². The first-order valence-electron chi connectivity index (χ1n) is 3.72.